The zero-order chi connectivity index (χ0) is 22.9. The van der Waals surface area contributed by atoms with Crippen molar-refractivity contribution in [3.8, 4) is 10.4 Å². The van der Waals surface area contributed by atoms with Crippen LogP contribution in [-0.4, -0.2) is 45.4 Å². The highest BCUT2D eigenvalue weighted by Crippen LogP contribution is 2.33. The molecule has 5 rings (SSSR count). The number of ether oxygens (including phenoxy) is 1. The van der Waals surface area contributed by atoms with Crippen molar-refractivity contribution in [3.63, 3.8) is 0 Å². The summed E-state index contributed by atoms with van der Waals surface area (Å²) in [6.07, 6.45) is 1.65. The largest absolute Gasteiger partial charge is 0.464 e. The number of hydrogen-bond acceptors (Lipinski definition) is 8. The maximum Gasteiger partial charge on any atom is 0.326 e. The van der Waals surface area contributed by atoms with Gasteiger partial charge < -0.3 is 4.74 Å². The van der Waals surface area contributed by atoms with Gasteiger partial charge in [0.1, 0.15) is 11.4 Å². The molecule has 0 spiro atoms. The molecule has 1 aliphatic rings. The Morgan fingerprint density at radius 2 is 1.73 bits per heavy atom. The molecule has 0 unspecified atom stereocenters. The predicted molar refractivity (Wildman–Crippen MR) is 125 cm³/mol. The van der Waals surface area contributed by atoms with Gasteiger partial charge in [0.05, 0.1) is 29.4 Å². The lowest BCUT2D eigenvalue weighted by Crippen LogP contribution is -2.31. The van der Waals surface area contributed by atoms with Gasteiger partial charge in [-0.3, -0.25) is 28.6 Å². The molecule has 4 heterocycles. The van der Waals surface area contributed by atoms with E-state index in [9.17, 15) is 19.2 Å². The van der Waals surface area contributed by atoms with Crippen molar-refractivity contribution >= 4 is 50.7 Å². The Balaban J connectivity index is 1.20. The van der Waals surface area contributed by atoms with Crippen molar-refractivity contribution in [1.29, 1.82) is 0 Å². The van der Waals surface area contributed by atoms with Crippen molar-refractivity contribution in [2.75, 3.05) is 13.2 Å². The van der Waals surface area contributed by atoms with E-state index in [4.69, 9.17) is 4.74 Å². The number of thiophene rings is 2. The lowest BCUT2D eigenvalue weighted by atomic mass is 10.1. The second-order valence-electron chi connectivity index (χ2n) is 7.37. The molecule has 0 fully saturated rings. The number of rotatable bonds is 7. The summed E-state index contributed by atoms with van der Waals surface area (Å²) in [6, 6.07) is 10.5. The van der Waals surface area contributed by atoms with E-state index in [-0.39, 0.29) is 37.1 Å². The van der Waals surface area contributed by atoms with E-state index in [0.717, 1.165) is 15.3 Å². The van der Waals surface area contributed by atoms with Gasteiger partial charge in [-0.05, 0) is 30.0 Å². The first-order chi connectivity index (χ1) is 16.0. The minimum atomic E-state index is -0.589. The van der Waals surface area contributed by atoms with Crippen LogP contribution in [0, 0.1) is 0 Å². The van der Waals surface area contributed by atoms with Gasteiger partial charge in [0, 0.05) is 22.4 Å². The third kappa shape index (κ3) is 3.87. The molecule has 0 atom stereocenters. The summed E-state index contributed by atoms with van der Waals surface area (Å²) in [5.41, 5.74) is 1.29. The Bertz CT molecular complexity index is 1400. The van der Waals surface area contributed by atoms with E-state index < -0.39 is 5.97 Å². The average molecular weight is 480 g/mol. The van der Waals surface area contributed by atoms with Crippen molar-refractivity contribution in [3.05, 3.63) is 75.0 Å². The summed E-state index contributed by atoms with van der Waals surface area (Å²) < 4.78 is 6.47. The number of amides is 2. The van der Waals surface area contributed by atoms with Crippen LogP contribution in [0.1, 0.15) is 27.1 Å². The van der Waals surface area contributed by atoms with E-state index in [2.05, 4.69) is 4.98 Å². The van der Waals surface area contributed by atoms with Gasteiger partial charge in [-0.1, -0.05) is 18.2 Å². The van der Waals surface area contributed by atoms with Crippen LogP contribution in [0.2, 0.25) is 0 Å². The van der Waals surface area contributed by atoms with E-state index >= 15 is 0 Å². The molecule has 33 heavy (non-hydrogen) atoms. The lowest BCUT2D eigenvalue weighted by molar-refractivity contribution is -0.144. The normalized spacial score (nSPS) is 13.0. The summed E-state index contributed by atoms with van der Waals surface area (Å²) in [6.45, 7) is -0.101. The van der Waals surface area contributed by atoms with Gasteiger partial charge in [0.15, 0.2) is 0 Å². The first-order valence-electron chi connectivity index (χ1n) is 10.2. The van der Waals surface area contributed by atoms with Gasteiger partial charge >= 0.3 is 5.97 Å². The molecular weight excluding hydrogens is 462 g/mol. The smallest absolute Gasteiger partial charge is 0.326 e. The average Bonchev–Trinajstić information content (AvgIpc) is 3.54. The third-order valence-electron chi connectivity index (χ3n) is 5.31. The van der Waals surface area contributed by atoms with Crippen LogP contribution < -0.4 is 5.56 Å². The van der Waals surface area contributed by atoms with E-state index in [0.29, 0.717) is 27.8 Å². The number of benzene rings is 1. The van der Waals surface area contributed by atoms with Crippen LogP contribution in [0.4, 0.5) is 0 Å². The molecule has 1 aromatic carbocycles. The molecule has 166 valence electrons. The SMILES string of the molecule is O=C(Cn1cnc2scc(-c3cccs3)c2c1=O)OCCCN1C(=O)c2ccccc2C1=O. The Morgan fingerprint density at radius 1 is 0.970 bits per heavy atom. The molecule has 4 aromatic rings. The molecular formula is C23H17N3O5S2. The van der Waals surface area contributed by atoms with E-state index in [1.165, 1.54) is 33.6 Å². The number of imide groups is 1. The number of fused-ring (bicyclic) bond motifs is 2. The summed E-state index contributed by atoms with van der Waals surface area (Å²) in [7, 11) is 0. The predicted octanol–water partition coefficient (Wildman–Crippen LogP) is 3.42. The first-order valence-corrected chi connectivity index (χ1v) is 11.9. The first kappa shape index (κ1) is 21.2. The zero-order valence-electron chi connectivity index (χ0n) is 17.2. The standard InChI is InChI=1S/C23H17N3O5S2/c27-18(31-9-4-8-26-21(28)14-5-1-2-6-15(14)22(26)29)11-25-13-24-20-19(23(25)30)16(12-33-20)17-7-3-10-32-17/h1-3,5-7,10,12-13H,4,8-9,11H2. The summed E-state index contributed by atoms with van der Waals surface area (Å²) in [5.74, 6) is -1.27. The lowest BCUT2D eigenvalue weighted by Gasteiger charge is -2.13. The molecule has 0 aliphatic carbocycles. The van der Waals surface area contributed by atoms with E-state index in [1.807, 2.05) is 22.9 Å². The van der Waals surface area contributed by atoms with Crippen LogP contribution in [-0.2, 0) is 16.1 Å². The summed E-state index contributed by atoms with van der Waals surface area (Å²) >= 11 is 2.92. The van der Waals surface area contributed by atoms with Crippen LogP contribution in [0.3, 0.4) is 0 Å². The molecule has 0 N–H and O–H groups in total. The Hall–Kier alpha value is -3.63. The highest BCUT2D eigenvalue weighted by atomic mass is 32.1. The quantitative estimate of drug-likeness (QED) is 0.229. The number of esters is 1. The number of aromatic nitrogens is 2. The minimum Gasteiger partial charge on any atom is -0.464 e. The fourth-order valence-electron chi connectivity index (χ4n) is 3.73. The third-order valence-corrected chi connectivity index (χ3v) is 7.10. The van der Waals surface area contributed by atoms with Gasteiger partial charge in [-0.15, -0.1) is 22.7 Å². The molecule has 0 bridgehead atoms. The van der Waals surface area contributed by atoms with Gasteiger partial charge in [-0.2, -0.15) is 0 Å². The molecule has 3 aromatic heterocycles. The fraction of sp³-hybridized carbons (Fsp3) is 0.174. The Morgan fingerprint density at radius 3 is 2.42 bits per heavy atom. The fourth-order valence-corrected chi connectivity index (χ4v) is 5.45. The maximum atomic E-state index is 13.0. The van der Waals surface area contributed by atoms with Crippen LogP contribution >= 0.6 is 22.7 Å². The molecule has 1 aliphatic heterocycles. The summed E-state index contributed by atoms with van der Waals surface area (Å²) in [4.78, 5) is 57.1. The van der Waals surface area contributed by atoms with Gasteiger partial charge in [-0.25, -0.2) is 4.98 Å². The summed E-state index contributed by atoms with van der Waals surface area (Å²) in [5, 5.41) is 4.32. The Kier molecular flexibility index (Phi) is 5.61. The second-order valence-corrected chi connectivity index (χ2v) is 9.17. The van der Waals surface area contributed by atoms with Crippen molar-refractivity contribution in [1.82, 2.24) is 14.5 Å². The van der Waals surface area contributed by atoms with E-state index in [1.54, 1.807) is 24.3 Å². The zero-order valence-corrected chi connectivity index (χ0v) is 18.9. The van der Waals surface area contributed by atoms with Crippen molar-refractivity contribution in [2.24, 2.45) is 0 Å². The topological polar surface area (TPSA) is 98.6 Å². The molecule has 2 amide bonds. The highest BCUT2D eigenvalue weighted by Gasteiger charge is 2.34. The number of carbonyl (C=O) groups is 3. The monoisotopic (exact) mass is 479 g/mol. The maximum absolute atomic E-state index is 13.0. The van der Waals surface area contributed by atoms with Crippen molar-refractivity contribution in [2.45, 2.75) is 13.0 Å². The molecule has 10 heteroatoms. The number of carbonyl (C=O) groups excluding carboxylic acids is 3. The highest BCUT2D eigenvalue weighted by molar-refractivity contribution is 7.18. The van der Waals surface area contributed by atoms with Gasteiger partial charge in [0.25, 0.3) is 17.4 Å². The van der Waals surface area contributed by atoms with Gasteiger partial charge in [0.2, 0.25) is 0 Å². The Labute approximate surface area is 195 Å². The molecule has 8 nitrogen and oxygen atoms in total. The van der Waals surface area contributed by atoms with Crippen LogP contribution in [0.15, 0.2) is 58.3 Å². The van der Waals surface area contributed by atoms with Crippen LogP contribution in [0.5, 0.6) is 0 Å². The number of nitrogens with zero attached hydrogens (tertiary/aromatic N) is 3. The molecule has 0 radical (unpaired) electrons. The molecule has 0 saturated heterocycles. The number of hydrogen-bond donors (Lipinski definition) is 0. The van der Waals surface area contributed by atoms with Crippen molar-refractivity contribution < 1.29 is 19.1 Å². The minimum absolute atomic E-state index is 0.0234. The second kappa shape index (κ2) is 8.72. The van der Waals surface area contributed by atoms with Crippen LogP contribution in [0.25, 0.3) is 20.7 Å². The molecule has 0 saturated carbocycles.